The van der Waals surface area contributed by atoms with E-state index in [-0.39, 0.29) is 0 Å². The minimum atomic E-state index is 0.775. The number of hydrogen-bond donors (Lipinski definition) is 2. The molecule has 0 aromatic carbocycles. The number of nitrogens with zero attached hydrogens (tertiary/aromatic N) is 3. The lowest BCUT2D eigenvalue weighted by Gasteiger charge is -2.13. The molecule has 43 heavy (non-hydrogen) atoms. The molecule has 2 aliphatic heterocycles. The van der Waals surface area contributed by atoms with Crippen molar-refractivity contribution in [3.05, 3.63) is 62.7 Å². The van der Waals surface area contributed by atoms with E-state index in [2.05, 4.69) is 94.5 Å². The molecule has 3 aromatic heterocycles. The number of rotatable bonds is 10. The zero-order valence-corrected chi connectivity index (χ0v) is 27.3. The van der Waals surface area contributed by atoms with Crippen molar-refractivity contribution in [2.45, 2.75) is 107 Å². The number of anilines is 1. The van der Waals surface area contributed by atoms with Crippen LogP contribution in [0.4, 0.5) is 5.69 Å². The van der Waals surface area contributed by atoms with Crippen LogP contribution < -0.4 is 5.32 Å². The van der Waals surface area contributed by atoms with Gasteiger partial charge in [0, 0.05) is 34.3 Å². The van der Waals surface area contributed by atoms with Gasteiger partial charge >= 0.3 is 0 Å². The maximum Gasteiger partial charge on any atom is 0.211 e. The predicted molar refractivity (Wildman–Crippen MR) is 183 cm³/mol. The Morgan fingerprint density at radius 3 is 1.72 bits per heavy atom. The zero-order valence-electron chi connectivity index (χ0n) is 27.3. The van der Waals surface area contributed by atoms with Gasteiger partial charge in [0.25, 0.3) is 0 Å². The standard InChI is InChI=1S/C37H47N5O/c1-9-22-23(10-2)34-35(38-21-43)37-25(12-4)24(11-3)36(42(37)16-8)28(15-7)32-20-18-30(40-32)26(13-5)29-17-19-31(39-29)27(14-6)33(22)41-34/h17-21,39H,9-16H2,1-8H3,(H,38,43). The van der Waals surface area contributed by atoms with Gasteiger partial charge in [0.15, 0.2) is 0 Å². The van der Waals surface area contributed by atoms with E-state index < -0.39 is 0 Å². The fourth-order valence-corrected chi connectivity index (χ4v) is 7.40. The predicted octanol–water partition coefficient (Wildman–Crippen LogP) is 9.09. The minimum Gasteiger partial charge on any atom is -0.355 e. The summed E-state index contributed by atoms with van der Waals surface area (Å²) in [4.78, 5) is 26.8. The summed E-state index contributed by atoms with van der Waals surface area (Å²) in [5.74, 6) is 0. The van der Waals surface area contributed by atoms with Gasteiger partial charge in [0.2, 0.25) is 6.41 Å². The number of nitrogens with one attached hydrogen (secondary N) is 2. The molecule has 6 heteroatoms. The summed E-state index contributed by atoms with van der Waals surface area (Å²) in [6, 6.07) is 4.39. The van der Waals surface area contributed by atoms with Crippen LogP contribution in [0.1, 0.15) is 119 Å². The SMILES string of the molecule is CCC1=C(CC)c2nc1c(CC)c1ccc([nH]1)c(CC)c1nc(c(CC)c3c(CC)c(CC)c(c2NC=O)n3CC)C=C1. The molecule has 8 bridgehead atoms. The third-order valence-corrected chi connectivity index (χ3v) is 9.27. The van der Waals surface area contributed by atoms with E-state index in [1.807, 2.05) is 0 Å². The van der Waals surface area contributed by atoms with Crippen LogP contribution in [0.3, 0.4) is 0 Å². The number of carbonyl (C=O) groups is 1. The molecule has 5 rings (SSSR count). The summed E-state index contributed by atoms with van der Waals surface area (Å²) in [6.07, 6.45) is 11.2. The number of carbonyl (C=O) groups excluding carboxylic acids is 1. The highest BCUT2D eigenvalue weighted by Crippen LogP contribution is 2.43. The van der Waals surface area contributed by atoms with Gasteiger partial charge in [-0.25, -0.2) is 9.97 Å². The van der Waals surface area contributed by atoms with Gasteiger partial charge in [-0.3, -0.25) is 4.79 Å². The molecule has 0 aliphatic carbocycles. The monoisotopic (exact) mass is 577 g/mol. The number of aromatic nitrogens is 4. The number of allylic oxidation sites excluding steroid dienone is 2. The molecule has 0 spiro atoms. The van der Waals surface area contributed by atoms with Crippen LogP contribution in [0.5, 0.6) is 0 Å². The second kappa shape index (κ2) is 12.7. The average molecular weight is 578 g/mol. The molecule has 2 aliphatic rings. The first-order valence-corrected chi connectivity index (χ1v) is 16.4. The van der Waals surface area contributed by atoms with Crippen LogP contribution in [0.15, 0.2) is 12.1 Å². The lowest BCUT2D eigenvalue weighted by Crippen LogP contribution is -2.05. The third kappa shape index (κ3) is 4.85. The van der Waals surface area contributed by atoms with Gasteiger partial charge in [0.05, 0.1) is 39.5 Å². The van der Waals surface area contributed by atoms with Crippen LogP contribution in [0, 0.1) is 0 Å². The van der Waals surface area contributed by atoms with Gasteiger partial charge in [0.1, 0.15) is 0 Å². The van der Waals surface area contributed by atoms with Gasteiger partial charge in [-0.05, 0) is 98.4 Å². The van der Waals surface area contributed by atoms with E-state index >= 15 is 0 Å². The zero-order chi connectivity index (χ0) is 30.8. The lowest BCUT2D eigenvalue weighted by molar-refractivity contribution is -0.105. The lowest BCUT2D eigenvalue weighted by atomic mass is 9.96. The summed E-state index contributed by atoms with van der Waals surface area (Å²) in [7, 11) is 0. The number of hydrogen-bond acceptors (Lipinski definition) is 3. The molecule has 2 N–H and O–H groups in total. The summed E-state index contributed by atoms with van der Waals surface area (Å²) in [5, 5.41) is 3.19. The Hall–Kier alpha value is -3.93. The fourth-order valence-electron chi connectivity index (χ4n) is 7.40. The molecule has 0 radical (unpaired) electrons. The number of aromatic amines is 1. The van der Waals surface area contributed by atoms with E-state index in [1.54, 1.807) is 0 Å². The van der Waals surface area contributed by atoms with Crippen LogP contribution in [0.2, 0.25) is 0 Å². The Morgan fingerprint density at radius 2 is 1.19 bits per heavy atom. The largest absolute Gasteiger partial charge is 0.355 e. The maximum absolute atomic E-state index is 12.3. The van der Waals surface area contributed by atoms with Crippen molar-refractivity contribution in [2.24, 2.45) is 0 Å². The highest BCUT2D eigenvalue weighted by molar-refractivity contribution is 6.03. The molecule has 0 atom stereocenters. The molecule has 226 valence electrons. The summed E-state index contributed by atoms with van der Waals surface area (Å²) < 4.78 is 2.42. The molecule has 0 saturated heterocycles. The molecule has 0 unspecified atom stereocenters. The van der Waals surface area contributed by atoms with E-state index in [0.29, 0.717) is 0 Å². The molecule has 6 nitrogen and oxygen atoms in total. The number of amides is 1. The first-order valence-electron chi connectivity index (χ1n) is 16.4. The Balaban J connectivity index is 2.20. The van der Waals surface area contributed by atoms with Crippen molar-refractivity contribution >= 4 is 57.5 Å². The minimum absolute atomic E-state index is 0.775. The van der Waals surface area contributed by atoms with Gasteiger partial charge in [-0.2, -0.15) is 0 Å². The fraction of sp³-hybridized carbons (Fsp3) is 0.432. The molecular weight excluding hydrogens is 530 g/mol. The van der Waals surface area contributed by atoms with Crippen molar-refractivity contribution in [3.8, 4) is 0 Å². The molecule has 1 amide bonds. The Labute approximate surface area is 256 Å². The summed E-state index contributed by atoms with van der Waals surface area (Å²) in [6.45, 7) is 18.5. The second-order valence-electron chi connectivity index (χ2n) is 11.2. The average Bonchev–Trinajstić information content (AvgIpc) is 3.82. The molecule has 0 fully saturated rings. The first-order chi connectivity index (χ1) is 21.0. The van der Waals surface area contributed by atoms with E-state index in [1.165, 1.54) is 44.5 Å². The maximum atomic E-state index is 12.3. The molecule has 3 aromatic rings. The number of aryl methyl sites for hydroxylation is 6. The normalized spacial score (nSPS) is 12.8. The molecular formula is C37H47N5O. The topological polar surface area (TPSA) is 75.6 Å². The van der Waals surface area contributed by atoms with Crippen LogP contribution >= 0.6 is 0 Å². The van der Waals surface area contributed by atoms with Crippen LogP contribution in [-0.2, 0) is 43.4 Å². The summed E-state index contributed by atoms with van der Waals surface area (Å²) >= 11 is 0. The van der Waals surface area contributed by atoms with Gasteiger partial charge < -0.3 is 14.9 Å². The van der Waals surface area contributed by atoms with E-state index in [9.17, 15) is 4.79 Å². The third-order valence-electron chi connectivity index (χ3n) is 9.27. The van der Waals surface area contributed by atoms with Crippen molar-refractivity contribution in [1.82, 2.24) is 19.5 Å². The summed E-state index contributed by atoms with van der Waals surface area (Å²) in [5.41, 5.74) is 18.1. The second-order valence-corrected chi connectivity index (χ2v) is 11.2. The van der Waals surface area contributed by atoms with E-state index in [4.69, 9.17) is 9.97 Å². The van der Waals surface area contributed by atoms with Crippen molar-refractivity contribution in [3.63, 3.8) is 0 Å². The first kappa shape index (κ1) is 30.5. The van der Waals surface area contributed by atoms with Crippen LogP contribution in [-0.4, -0.2) is 25.9 Å². The van der Waals surface area contributed by atoms with Gasteiger partial charge in [-0.1, -0.05) is 48.5 Å². The highest BCUT2D eigenvalue weighted by atomic mass is 16.1. The molecule has 0 saturated carbocycles. The van der Waals surface area contributed by atoms with Crippen molar-refractivity contribution in [1.29, 1.82) is 0 Å². The van der Waals surface area contributed by atoms with Gasteiger partial charge in [-0.15, -0.1) is 0 Å². The van der Waals surface area contributed by atoms with Crippen molar-refractivity contribution < 1.29 is 4.79 Å². The number of fused-ring (bicyclic) bond motifs is 8. The van der Waals surface area contributed by atoms with Crippen molar-refractivity contribution in [2.75, 3.05) is 5.32 Å². The van der Waals surface area contributed by atoms with E-state index in [0.717, 1.165) is 103 Å². The Morgan fingerprint density at radius 1 is 0.651 bits per heavy atom. The quantitative estimate of drug-likeness (QED) is 0.185. The van der Waals surface area contributed by atoms with Crippen LogP contribution in [0.25, 0.3) is 45.4 Å². The molecule has 5 heterocycles. The Kier molecular flexibility index (Phi) is 9.05. The number of H-pyrrole nitrogens is 1. The Bertz CT molecular complexity index is 1800. The smallest absolute Gasteiger partial charge is 0.211 e. The highest BCUT2D eigenvalue weighted by Gasteiger charge is 2.27.